The van der Waals surface area contributed by atoms with Crippen LogP contribution in [0.1, 0.15) is 0 Å². The van der Waals surface area contributed by atoms with Crippen LogP contribution in [-0.4, -0.2) is 16.7 Å². The molecule has 0 aliphatic heterocycles. The van der Waals surface area contributed by atoms with Crippen molar-refractivity contribution in [2.75, 3.05) is 0 Å². The third-order valence-corrected chi connectivity index (χ3v) is 0.122. The van der Waals surface area contributed by atoms with Crippen molar-refractivity contribution in [3.63, 3.8) is 0 Å². The van der Waals surface area contributed by atoms with Gasteiger partial charge in [0, 0.05) is 32.7 Å². The first-order valence-electron chi connectivity index (χ1n) is 1.08. The molecule has 0 spiro atoms. The van der Waals surface area contributed by atoms with Crippen molar-refractivity contribution in [2.45, 2.75) is 6.29 Å². The van der Waals surface area contributed by atoms with E-state index in [0.717, 1.165) is 0 Å². The Balaban J connectivity index is 0. The minimum absolute atomic E-state index is 0. The van der Waals surface area contributed by atoms with Gasteiger partial charge in [0.15, 0.2) is 0 Å². The summed E-state index contributed by atoms with van der Waals surface area (Å²) in [6, 6.07) is 0. The Morgan fingerprint density at radius 2 is 1.83 bits per heavy atom. The summed E-state index contributed by atoms with van der Waals surface area (Å²) < 4.78 is 0. The second-order valence-electron chi connectivity index (χ2n) is 0.560. The quantitative estimate of drug-likeness (QED) is 0.241. The zero-order valence-electron chi connectivity index (χ0n) is 3.16. The van der Waals surface area contributed by atoms with E-state index in [1.807, 2.05) is 0 Å². The molecule has 0 aromatic heterocycles. The molecule has 1 atom stereocenters. The van der Waals surface area contributed by atoms with Gasteiger partial charge in [-0.05, 0) is 0 Å². The zero-order valence-corrected chi connectivity index (χ0v) is 6.00. The molecule has 0 fully saturated rings. The molecule has 0 aromatic rings. The summed E-state index contributed by atoms with van der Waals surface area (Å²) in [4.78, 5) is 3.19. The minimum Gasteiger partial charge on any atom is -0.395 e. The van der Waals surface area contributed by atoms with Gasteiger partial charge in [-0.2, -0.15) is 0 Å². The molecule has 0 saturated heterocycles. The summed E-state index contributed by atoms with van der Waals surface area (Å²) in [5.74, 6) is 0. The summed E-state index contributed by atoms with van der Waals surface area (Å²) >= 11 is 0. The van der Waals surface area contributed by atoms with E-state index in [1.165, 1.54) is 0 Å². The number of rotatable bonds is 1. The molecule has 0 saturated carbocycles. The third kappa shape index (κ3) is 8.88. The molecule has 0 heterocycles. The molecule has 1 unspecified atom stereocenters. The smallest absolute Gasteiger partial charge is 0.0652 e. The van der Waals surface area contributed by atoms with Crippen LogP contribution in [0.2, 0.25) is 0 Å². The van der Waals surface area contributed by atoms with Crippen LogP contribution in [0.25, 0.3) is 0 Å². The fourth-order valence-corrected chi connectivity index (χ4v) is 0. The van der Waals surface area contributed by atoms with Crippen molar-refractivity contribution in [1.82, 2.24) is 0 Å². The summed E-state index contributed by atoms with van der Waals surface area (Å²) in [5.41, 5.74) is 0. The van der Waals surface area contributed by atoms with E-state index in [2.05, 4.69) is 11.8 Å². The maximum Gasteiger partial charge on any atom is 0.0652 e. The molecule has 0 rings (SSSR count). The molecule has 1 radical (unpaired) electrons. The van der Waals surface area contributed by atoms with Crippen LogP contribution in [0, 0.1) is 6.92 Å². The molecule has 6 heavy (non-hydrogen) atoms. The number of hydrogen-bond donors (Lipinski definition) is 2. The molecule has 2 N–H and O–H groups in total. The summed E-state index contributed by atoms with van der Waals surface area (Å²) in [5, 5.41) is 15.1. The minimum atomic E-state index is -1.31. The van der Waals surface area contributed by atoms with E-state index >= 15 is 0 Å². The average Bonchev–Trinajstić information content (AvgIpc) is 1.38. The third-order valence-electron chi connectivity index (χ3n) is 0.122. The molecule has 35 valence electrons. The summed E-state index contributed by atoms with van der Waals surface area (Å²) in [6.45, 7) is 2.84. The van der Waals surface area contributed by atoms with Crippen molar-refractivity contribution in [3.8, 4) is 0 Å². The number of aliphatic hydroxyl groups excluding tert-OH is 1. The summed E-state index contributed by atoms with van der Waals surface area (Å²) in [7, 11) is 0. The van der Waals surface area contributed by atoms with Gasteiger partial charge in [0.1, 0.15) is 0 Å². The van der Waals surface area contributed by atoms with Gasteiger partial charge in [-0.25, -0.2) is 4.89 Å². The Morgan fingerprint density at radius 1 is 1.67 bits per heavy atom. The zero-order chi connectivity index (χ0) is 4.28. The monoisotopic (exact) mass is 166 g/mol. The molecule has 0 amide bonds. The van der Waals surface area contributed by atoms with Crippen LogP contribution >= 0.6 is 0 Å². The SMILES string of the molecule is [CH2-]C(O)OO.[Y]. The van der Waals surface area contributed by atoms with Crippen molar-refractivity contribution in [1.29, 1.82) is 0 Å². The van der Waals surface area contributed by atoms with Gasteiger partial charge < -0.3 is 5.11 Å². The first kappa shape index (κ1) is 10.1. The van der Waals surface area contributed by atoms with E-state index < -0.39 is 6.29 Å². The van der Waals surface area contributed by atoms with Crippen LogP contribution < -0.4 is 0 Å². The molecular weight excluding hydrogens is 161 g/mol. The molecule has 0 aliphatic rings. The normalized spacial score (nSPS) is 12.5. The topological polar surface area (TPSA) is 49.7 Å². The second kappa shape index (κ2) is 5.98. The van der Waals surface area contributed by atoms with Crippen LogP contribution in [0.15, 0.2) is 0 Å². The van der Waals surface area contributed by atoms with Gasteiger partial charge in [-0.15, -0.1) is 0 Å². The number of aliphatic hydroxyl groups is 1. The predicted molar refractivity (Wildman–Crippen MR) is 15.1 cm³/mol. The van der Waals surface area contributed by atoms with E-state index in [0.29, 0.717) is 0 Å². The predicted octanol–water partition coefficient (Wildman–Crippen LogP) is -0.374. The van der Waals surface area contributed by atoms with Crippen LogP contribution in [0.4, 0.5) is 0 Å². The van der Waals surface area contributed by atoms with E-state index in [1.54, 1.807) is 0 Å². The van der Waals surface area contributed by atoms with Crippen molar-refractivity contribution < 1.29 is 48.0 Å². The Kier molecular flexibility index (Phi) is 10.0. The Labute approximate surface area is 61.1 Å². The fourth-order valence-electron chi connectivity index (χ4n) is 0. The van der Waals surface area contributed by atoms with Crippen LogP contribution in [0.5, 0.6) is 0 Å². The van der Waals surface area contributed by atoms with Gasteiger partial charge in [0.05, 0.1) is 6.29 Å². The van der Waals surface area contributed by atoms with Crippen molar-refractivity contribution in [2.24, 2.45) is 0 Å². The first-order chi connectivity index (χ1) is 2.27. The van der Waals surface area contributed by atoms with E-state index in [4.69, 9.17) is 10.4 Å². The molecular formula is C2H5O3Y-. The Morgan fingerprint density at radius 3 is 1.83 bits per heavy atom. The molecule has 0 aliphatic carbocycles. The van der Waals surface area contributed by atoms with E-state index in [9.17, 15) is 0 Å². The summed E-state index contributed by atoms with van der Waals surface area (Å²) in [6.07, 6.45) is -1.31. The average molecular weight is 166 g/mol. The Bertz CT molecular complexity index is 22.8. The van der Waals surface area contributed by atoms with Crippen LogP contribution in [0.3, 0.4) is 0 Å². The van der Waals surface area contributed by atoms with Gasteiger partial charge in [0.25, 0.3) is 0 Å². The second-order valence-corrected chi connectivity index (χ2v) is 0.560. The molecule has 0 aromatic carbocycles. The van der Waals surface area contributed by atoms with Gasteiger partial charge in [-0.1, -0.05) is 0 Å². The largest absolute Gasteiger partial charge is 0.395 e. The van der Waals surface area contributed by atoms with Crippen molar-refractivity contribution >= 4 is 0 Å². The maximum atomic E-state index is 7.78. The van der Waals surface area contributed by atoms with E-state index in [-0.39, 0.29) is 32.7 Å². The van der Waals surface area contributed by atoms with Gasteiger partial charge in [0.2, 0.25) is 0 Å². The Hall–Kier alpha value is 0.984. The van der Waals surface area contributed by atoms with Gasteiger partial charge in [-0.3, -0.25) is 12.2 Å². The van der Waals surface area contributed by atoms with Crippen LogP contribution in [-0.2, 0) is 37.6 Å². The van der Waals surface area contributed by atoms with Crippen molar-refractivity contribution in [3.05, 3.63) is 6.92 Å². The fraction of sp³-hybridized carbons (Fsp3) is 0.500. The molecule has 4 heteroatoms. The van der Waals surface area contributed by atoms with Gasteiger partial charge >= 0.3 is 0 Å². The number of hydrogen-bond acceptors (Lipinski definition) is 3. The molecule has 3 nitrogen and oxygen atoms in total. The maximum absolute atomic E-state index is 7.78. The standard InChI is InChI=1S/C2H5O3.Y/c1-2(3)5-4;/h2-4H,1H2;/q-1;. The molecule has 0 bridgehead atoms. The first-order valence-corrected chi connectivity index (χ1v) is 1.08.